The summed E-state index contributed by atoms with van der Waals surface area (Å²) >= 11 is 3.40. The maximum Gasteiger partial charge on any atom is 0.407 e. The van der Waals surface area contributed by atoms with Gasteiger partial charge in [0.25, 0.3) is 0 Å². The highest BCUT2D eigenvalue weighted by Gasteiger charge is 2.41. The van der Waals surface area contributed by atoms with Crippen molar-refractivity contribution in [2.45, 2.75) is 37.5 Å². The predicted molar refractivity (Wildman–Crippen MR) is 98.1 cm³/mol. The summed E-state index contributed by atoms with van der Waals surface area (Å²) in [5.74, 6) is 0. The third-order valence-corrected chi connectivity index (χ3v) is 5.38. The van der Waals surface area contributed by atoms with Crippen molar-refractivity contribution in [2.24, 2.45) is 0 Å². The van der Waals surface area contributed by atoms with Crippen molar-refractivity contribution in [1.29, 1.82) is 0 Å². The Balaban J connectivity index is 1.79. The van der Waals surface area contributed by atoms with Gasteiger partial charge in [-0.2, -0.15) is 0 Å². The van der Waals surface area contributed by atoms with Crippen molar-refractivity contribution in [3.63, 3.8) is 0 Å². The first kappa shape index (κ1) is 17.7. The van der Waals surface area contributed by atoms with Crippen LogP contribution in [0, 0.1) is 0 Å². The van der Waals surface area contributed by atoms with Gasteiger partial charge in [0.1, 0.15) is 6.10 Å². The van der Waals surface area contributed by atoms with Crippen molar-refractivity contribution in [3.05, 3.63) is 58.3 Å². The molecule has 3 rings (SSSR count). The molecule has 0 aliphatic carbocycles. The molecule has 2 aromatic rings. The molecule has 1 aliphatic rings. The van der Waals surface area contributed by atoms with Crippen LogP contribution in [-0.4, -0.2) is 38.3 Å². The number of rotatable bonds is 4. The summed E-state index contributed by atoms with van der Waals surface area (Å²) in [6, 6.07) is 8.49. The van der Waals surface area contributed by atoms with Crippen LogP contribution in [0.2, 0.25) is 0 Å². The minimum Gasteiger partial charge on any atom is -0.465 e. The number of carbonyl (C=O) groups is 1. The smallest absolute Gasteiger partial charge is 0.407 e. The Kier molecular flexibility index (Phi) is 5.24. The van der Waals surface area contributed by atoms with Gasteiger partial charge in [-0.25, -0.2) is 4.79 Å². The number of amides is 1. The number of halogens is 1. The van der Waals surface area contributed by atoms with Crippen LogP contribution in [0.3, 0.4) is 0 Å². The lowest BCUT2D eigenvalue weighted by Crippen LogP contribution is -2.44. The molecule has 1 amide bonds. The molecule has 1 saturated heterocycles. The molecule has 1 unspecified atom stereocenters. The molecule has 1 aromatic heterocycles. The second-order valence-corrected chi connectivity index (χ2v) is 7.13. The first-order valence-electron chi connectivity index (χ1n) is 8.10. The number of nitrogens with zero attached hydrogens (tertiary/aromatic N) is 2. The van der Waals surface area contributed by atoms with Gasteiger partial charge in [0.2, 0.25) is 0 Å². The standard InChI is InChI=1S/C18H20BrN3O3/c19-14-9-11(3-5-15(14)20)8-13-4-6-16(22(13)18(24)25)17(23)12-2-1-7-21-10-12/h1-3,5,7,9-10,13,16-17,23H,4,6,8,20H2,(H,24,25)/t13-,16+,17?/m0/s1. The van der Waals surface area contributed by atoms with Crippen molar-refractivity contribution >= 4 is 27.7 Å². The minimum absolute atomic E-state index is 0.177. The zero-order valence-electron chi connectivity index (χ0n) is 13.5. The number of pyridine rings is 1. The molecular weight excluding hydrogens is 386 g/mol. The molecule has 1 fully saturated rings. The van der Waals surface area contributed by atoms with Gasteiger partial charge in [-0.1, -0.05) is 12.1 Å². The topological polar surface area (TPSA) is 99.7 Å². The number of nitrogens with two attached hydrogens (primary N) is 1. The van der Waals surface area contributed by atoms with E-state index in [0.717, 1.165) is 10.0 Å². The average molecular weight is 406 g/mol. The Hall–Kier alpha value is -2.12. The highest BCUT2D eigenvalue weighted by atomic mass is 79.9. The summed E-state index contributed by atoms with van der Waals surface area (Å²) < 4.78 is 0.803. The largest absolute Gasteiger partial charge is 0.465 e. The fraction of sp³-hybridized carbons (Fsp3) is 0.333. The van der Waals surface area contributed by atoms with E-state index in [2.05, 4.69) is 20.9 Å². The SMILES string of the molecule is Nc1ccc(C[C@@H]2CC[C@H](C(O)c3cccnc3)N2C(=O)O)cc1Br. The van der Waals surface area contributed by atoms with Gasteiger partial charge < -0.3 is 15.9 Å². The van der Waals surface area contributed by atoms with Crippen molar-refractivity contribution in [2.75, 3.05) is 5.73 Å². The number of anilines is 1. The molecule has 0 saturated carbocycles. The molecular formula is C18H20BrN3O3. The molecule has 132 valence electrons. The van der Waals surface area contributed by atoms with Crippen LogP contribution in [0.1, 0.15) is 30.1 Å². The lowest BCUT2D eigenvalue weighted by Gasteiger charge is -2.30. The quantitative estimate of drug-likeness (QED) is 0.678. The van der Waals surface area contributed by atoms with E-state index < -0.39 is 18.2 Å². The summed E-state index contributed by atoms with van der Waals surface area (Å²) in [7, 11) is 0. The fourth-order valence-corrected chi connectivity index (χ4v) is 3.89. The fourth-order valence-electron chi connectivity index (χ4n) is 3.46. The zero-order valence-corrected chi connectivity index (χ0v) is 15.1. The second kappa shape index (κ2) is 7.41. The third-order valence-electron chi connectivity index (χ3n) is 4.69. The van der Waals surface area contributed by atoms with Gasteiger partial charge in [-0.15, -0.1) is 0 Å². The number of aromatic nitrogens is 1. The molecule has 1 aliphatic heterocycles. The van der Waals surface area contributed by atoms with Crippen LogP contribution in [0.15, 0.2) is 47.2 Å². The number of carboxylic acid groups (broad SMARTS) is 1. The van der Waals surface area contributed by atoms with Gasteiger partial charge in [0, 0.05) is 34.2 Å². The molecule has 4 N–H and O–H groups in total. The van der Waals surface area contributed by atoms with Crippen LogP contribution in [0.25, 0.3) is 0 Å². The highest BCUT2D eigenvalue weighted by Crippen LogP contribution is 2.35. The summed E-state index contributed by atoms with van der Waals surface area (Å²) in [5.41, 5.74) is 8.10. The van der Waals surface area contributed by atoms with Crippen LogP contribution >= 0.6 is 15.9 Å². The van der Waals surface area contributed by atoms with E-state index in [9.17, 15) is 15.0 Å². The van der Waals surface area contributed by atoms with Crippen molar-refractivity contribution < 1.29 is 15.0 Å². The minimum atomic E-state index is -1.01. The number of nitrogen functional groups attached to an aromatic ring is 1. The number of benzene rings is 1. The van der Waals surface area contributed by atoms with E-state index in [1.807, 2.05) is 12.1 Å². The molecule has 2 heterocycles. The Morgan fingerprint density at radius 3 is 2.84 bits per heavy atom. The second-order valence-electron chi connectivity index (χ2n) is 6.28. The lowest BCUT2D eigenvalue weighted by molar-refractivity contribution is 0.0539. The van der Waals surface area contributed by atoms with E-state index in [1.165, 1.54) is 4.90 Å². The van der Waals surface area contributed by atoms with Gasteiger partial charge >= 0.3 is 6.09 Å². The Labute approximate surface area is 154 Å². The molecule has 0 bridgehead atoms. The average Bonchev–Trinajstić information content (AvgIpc) is 3.02. The van der Waals surface area contributed by atoms with E-state index in [0.29, 0.717) is 30.5 Å². The summed E-state index contributed by atoms with van der Waals surface area (Å²) in [6.07, 6.45) is 3.22. The van der Waals surface area contributed by atoms with Gasteiger partial charge in [0.05, 0.1) is 6.04 Å². The van der Waals surface area contributed by atoms with Gasteiger partial charge in [-0.3, -0.25) is 9.88 Å². The molecule has 3 atom stereocenters. The van der Waals surface area contributed by atoms with Gasteiger partial charge in [0.15, 0.2) is 0 Å². The van der Waals surface area contributed by atoms with E-state index >= 15 is 0 Å². The first-order valence-corrected chi connectivity index (χ1v) is 8.90. The van der Waals surface area contributed by atoms with Crippen molar-refractivity contribution in [3.8, 4) is 0 Å². The molecule has 7 heteroatoms. The summed E-state index contributed by atoms with van der Waals surface area (Å²) in [6.45, 7) is 0. The molecule has 0 spiro atoms. The summed E-state index contributed by atoms with van der Waals surface area (Å²) in [4.78, 5) is 17.2. The number of aliphatic hydroxyl groups is 1. The monoisotopic (exact) mass is 405 g/mol. The molecule has 6 nitrogen and oxygen atoms in total. The third kappa shape index (κ3) is 3.77. The zero-order chi connectivity index (χ0) is 18.0. The Morgan fingerprint density at radius 2 is 2.20 bits per heavy atom. The van der Waals surface area contributed by atoms with E-state index in [1.54, 1.807) is 30.6 Å². The van der Waals surface area contributed by atoms with Gasteiger partial charge in [-0.05, 0) is 59.0 Å². The number of likely N-dealkylation sites (tertiary alicyclic amines) is 1. The normalized spacial score (nSPS) is 21.3. The van der Waals surface area contributed by atoms with Crippen LogP contribution in [0.5, 0.6) is 0 Å². The van der Waals surface area contributed by atoms with E-state index in [4.69, 9.17) is 5.73 Å². The Morgan fingerprint density at radius 1 is 1.40 bits per heavy atom. The maximum absolute atomic E-state index is 11.8. The van der Waals surface area contributed by atoms with Crippen LogP contribution in [-0.2, 0) is 6.42 Å². The predicted octanol–water partition coefficient (Wildman–Crippen LogP) is 3.21. The number of hydrogen-bond acceptors (Lipinski definition) is 4. The first-order chi connectivity index (χ1) is 12.0. The van der Waals surface area contributed by atoms with E-state index in [-0.39, 0.29) is 6.04 Å². The van der Waals surface area contributed by atoms with Crippen LogP contribution in [0.4, 0.5) is 10.5 Å². The molecule has 25 heavy (non-hydrogen) atoms. The van der Waals surface area contributed by atoms with Crippen molar-refractivity contribution in [1.82, 2.24) is 9.88 Å². The Bertz CT molecular complexity index is 756. The number of aliphatic hydroxyl groups excluding tert-OH is 1. The molecule has 1 aromatic carbocycles. The number of hydrogen-bond donors (Lipinski definition) is 3. The molecule has 0 radical (unpaired) electrons. The lowest BCUT2D eigenvalue weighted by atomic mass is 10.0. The highest BCUT2D eigenvalue weighted by molar-refractivity contribution is 9.10. The van der Waals surface area contributed by atoms with Crippen LogP contribution < -0.4 is 5.73 Å². The summed E-state index contributed by atoms with van der Waals surface area (Å²) in [5, 5.41) is 20.3. The maximum atomic E-state index is 11.8.